The van der Waals surface area contributed by atoms with Gasteiger partial charge < -0.3 is 10.1 Å². The molecule has 0 heterocycles. The van der Waals surface area contributed by atoms with Crippen LogP contribution in [-0.2, 0) is 6.54 Å². The molecular formula is C14H13Cl2NO. The second-order valence-electron chi connectivity index (χ2n) is 3.83. The second-order valence-corrected chi connectivity index (χ2v) is 4.68. The summed E-state index contributed by atoms with van der Waals surface area (Å²) in [5.41, 5.74) is 2.07. The van der Waals surface area contributed by atoms with Crippen molar-refractivity contribution < 1.29 is 4.74 Å². The van der Waals surface area contributed by atoms with Gasteiger partial charge in [0, 0.05) is 17.3 Å². The van der Waals surface area contributed by atoms with E-state index in [1.54, 1.807) is 7.11 Å². The Balaban J connectivity index is 2.04. The van der Waals surface area contributed by atoms with Crippen LogP contribution < -0.4 is 10.1 Å². The van der Waals surface area contributed by atoms with Gasteiger partial charge in [0.2, 0.25) is 0 Å². The minimum atomic E-state index is 0.614. The SMILES string of the molecule is COc1ccc(CNc2cccc(Cl)c2)cc1Cl. The Morgan fingerprint density at radius 1 is 1.11 bits per heavy atom. The fraction of sp³-hybridized carbons (Fsp3) is 0.143. The van der Waals surface area contributed by atoms with Crippen molar-refractivity contribution >= 4 is 28.9 Å². The Kier molecular flexibility index (Phi) is 4.34. The number of hydrogen-bond acceptors (Lipinski definition) is 2. The number of methoxy groups -OCH3 is 1. The predicted molar refractivity (Wildman–Crippen MR) is 76.8 cm³/mol. The number of halogens is 2. The molecule has 0 spiro atoms. The summed E-state index contributed by atoms with van der Waals surface area (Å²) in [6.45, 7) is 0.685. The maximum atomic E-state index is 6.06. The van der Waals surface area contributed by atoms with Gasteiger partial charge in [-0.05, 0) is 35.9 Å². The van der Waals surface area contributed by atoms with Crippen LogP contribution in [0.1, 0.15) is 5.56 Å². The van der Waals surface area contributed by atoms with E-state index in [0.717, 1.165) is 11.3 Å². The van der Waals surface area contributed by atoms with E-state index in [9.17, 15) is 0 Å². The zero-order valence-electron chi connectivity index (χ0n) is 9.91. The molecule has 0 unspecified atom stereocenters. The topological polar surface area (TPSA) is 21.3 Å². The van der Waals surface area contributed by atoms with E-state index >= 15 is 0 Å². The maximum absolute atomic E-state index is 6.06. The standard InChI is InChI=1S/C14H13Cl2NO/c1-18-14-6-5-10(7-13(14)16)9-17-12-4-2-3-11(15)8-12/h2-8,17H,9H2,1H3. The van der Waals surface area contributed by atoms with E-state index in [1.165, 1.54) is 0 Å². The average Bonchev–Trinajstić information content (AvgIpc) is 2.37. The van der Waals surface area contributed by atoms with Crippen molar-refractivity contribution in [3.05, 3.63) is 58.1 Å². The smallest absolute Gasteiger partial charge is 0.137 e. The summed E-state index contributed by atoms with van der Waals surface area (Å²) in [4.78, 5) is 0. The van der Waals surface area contributed by atoms with Gasteiger partial charge in [0.1, 0.15) is 5.75 Å². The zero-order valence-corrected chi connectivity index (χ0v) is 11.4. The molecule has 0 aliphatic rings. The first-order valence-corrected chi connectivity index (χ1v) is 6.26. The molecule has 0 amide bonds. The summed E-state index contributed by atoms with van der Waals surface area (Å²) in [5.74, 6) is 0.683. The van der Waals surface area contributed by atoms with Crippen LogP contribution >= 0.6 is 23.2 Å². The minimum Gasteiger partial charge on any atom is -0.495 e. The number of hydrogen-bond donors (Lipinski definition) is 1. The van der Waals surface area contributed by atoms with Gasteiger partial charge in [-0.1, -0.05) is 35.3 Å². The molecule has 2 rings (SSSR count). The third-order valence-corrected chi connectivity index (χ3v) is 3.07. The van der Waals surface area contributed by atoms with E-state index in [1.807, 2.05) is 42.5 Å². The van der Waals surface area contributed by atoms with Crippen LogP contribution in [0.4, 0.5) is 5.69 Å². The largest absolute Gasteiger partial charge is 0.495 e. The van der Waals surface area contributed by atoms with Crippen molar-refractivity contribution in [1.82, 2.24) is 0 Å². The quantitative estimate of drug-likeness (QED) is 0.883. The summed E-state index contributed by atoms with van der Waals surface area (Å²) < 4.78 is 5.11. The predicted octanol–water partition coefficient (Wildman–Crippen LogP) is 4.61. The number of ether oxygens (including phenoxy) is 1. The molecule has 2 aromatic carbocycles. The molecule has 2 aromatic rings. The van der Waals surface area contributed by atoms with Crippen LogP contribution in [0.15, 0.2) is 42.5 Å². The lowest BCUT2D eigenvalue weighted by molar-refractivity contribution is 0.415. The van der Waals surface area contributed by atoms with Crippen LogP contribution in [0.2, 0.25) is 10.0 Å². The molecule has 94 valence electrons. The fourth-order valence-corrected chi connectivity index (χ4v) is 2.09. The first kappa shape index (κ1) is 13.1. The highest BCUT2D eigenvalue weighted by Gasteiger charge is 2.01. The van der Waals surface area contributed by atoms with Crippen molar-refractivity contribution in [2.75, 3.05) is 12.4 Å². The lowest BCUT2D eigenvalue weighted by Crippen LogP contribution is -1.99. The molecule has 0 saturated carbocycles. The summed E-state index contributed by atoms with van der Waals surface area (Å²) >= 11 is 12.0. The van der Waals surface area contributed by atoms with Gasteiger partial charge in [-0.15, -0.1) is 0 Å². The highest BCUT2D eigenvalue weighted by Crippen LogP contribution is 2.25. The third kappa shape index (κ3) is 3.31. The summed E-state index contributed by atoms with van der Waals surface area (Å²) in [6.07, 6.45) is 0. The highest BCUT2D eigenvalue weighted by molar-refractivity contribution is 6.32. The monoisotopic (exact) mass is 281 g/mol. The van der Waals surface area contributed by atoms with Gasteiger partial charge in [-0.25, -0.2) is 0 Å². The highest BCUT2D eigenvalue weighted by atomic mass is 35.5. The third-order valence-electron chi connectivity index (χ3n) is 2.54. The van der Waals surface area contributed by atoms with E-state index in [-0.39, 0.29) is 0 Å². The van der Waals surface area contributed by atoms with Crippen molar-refractivity contribution in [3.8, 4) is 5.75 Å². The van der Waals surface area contributed by atoms with Crippen LogP contribution in [0.3, 0.4) is 0 Å². The van der Waals surface area contributed by atoms with E-state index in [2.05, 4.69) is 5.32 Å². The van der Waals surface area contributed by atoms with Crippen LogP contribution in [0, 0.1) is 0 Å². The number of rotatable bonds is 4. The van der Waals surface area contributed by atoms with Crippen LogP contribution in [0.5, 0.6) is 5.75 Å². The zero-order chi connectivity index (χ0) is 13.0. The Morgan fingerprint density at radius 2 is 1.94 bits per heavy atom. The normalized spacial score (nSPS) is 10.2. The van der Waals surface area contributed by atoms with Crippen molar-refractivity contribution in [1.29, 1.82) is 0 Å². The van der Waals surface area contributed by atoms with Gasteiger partial charge in [0.05, 0.1) is 12.1 Å². The van der Waals surface area contributed by atoms with Crippen LogP contribution in [-0.4, -0.2) is 7.11 Å². The van der Waals surface area contributed by atoms with Gasteiger partial charge in [0.25, 0.3) is 0 Å². The minimum absolute atomic E-state index is 0.614. The fourth-order valence-electron chi connectivity index (χ4n) is 1.62. The van der Waals surface area contributed by atoms with Gasteiger partial charge in [-0.3, -0.25) is 0 Å². The van der Waals surface area contributed by atoms with Crippen LogP contribution in [0.25, 0.3) is 0 Å². The molecule has 18 heavy (non-hydrogen) atoms. The molecule has 1 N–H and O–H groups in total. The molecule has 0 atom stereocenters. The molecule has 0 aliphatic heterocycles. The number of anilines is 1. The Bertz CT molecular complexity index is 543. The number of nitrogens with one attached hydrogen (secondary N) is 1. The van der Waals surface area contributed by atoms with Gasteiger partial charge in [-0.2, -0.15) is 0 Å². The molecule has 0 radical (unpaired) electrons. The van der Waals surface area contributed by atoms with E-state index < -0.39 is 0 Å². The molecule has 0 fully saturated rings. The van der Waals surface area contributed by atoms with Crippen molar-refractivity contribution in [3.63, 3.8) is 0 Å². The summed E-state index contributed by atoms with van der Waals surface area (Å²) in [5, 5.41) is 4.61. The maximum Gasteiger partial charge on any atom is 0.137 e. The lowest BCUT2D eigenvalue weighted by atomic mass is 10.2. The average molecular weight is 282 g/mol. The Hall–Kier alpha value is -1.38. The van der Waals surface area contributed by atoms with Gasteiger partial charge in [0.15, 0.2) is 0 Å². The second kappa shape index (κ2) is 5.98. The van der Waals surface area contributed by atoms with E-state index in [4.69, 9.17) is 27.9 Å². The summed E-state index contributed by atoms with van der Waals surface area (Å²) in [6, 6.07) is 13.3. The van der Waals surface area contributed by atoms with Gasteiger partial charge >= 0.3 is 0 Å². The first-order valence-electron chi connectivity index (χ1n) is 5.51. The Labute approximate surface area is 116 Å². The molecule has 4 heteroatoms. The molecule has 0 aliphatic carbocycles. The van der Waals surface area contributed by atoms with Crippen molar-refractivity contribution in [2.45, 2.75) is 6.54 Å². The molecule has 2 nitrogen and oxygen atoms in total. The van der Waals surface area contributed by atoms with Crippen molar-refractivity contribution in [2.24, 2.45) is 0 Å². The van der Waals surface area contributed by atoms with E-state index in [0.29, 0.717) is 22.3 Å². The number of benzene rings is 2. The molecule has 0 saturated heterocycles. The summed E-state index contributed by atoms with van der Waals surface area (Å²) in [7, 11) is 1.60. The molecule has 0 bridgehead atoms. The lowest BCUT2D eigenvalue weighted by Gasteiger charge is -2.09. The first-order chi connectivity index (χ1) is 8.69. The molecule has 0 aromatic heterocycles. The molecular weight excluding hydrogens is 269 g/mol. The Morgan fingerprint density at radius 3 is 2.61 bits per heavy atom.